The molecule has 1 fully saturated rings. The van der Waals surface area contributed by atoms with Crippen molar-refractivity contribution < 1.29 is 19.1 Å². The van der Waals surface area contributed by atoms with Gasteiger partial charge in [0, 0.05) is 11.4 Å². The van der Waals surface area contributed by atoms with E-state index in [0.717, 1.165) is 0 Å². The van der Waals surface area contributed by atoms with Crippen molar-refractivity contribution in [1.29, 1.82) is 0 Å². The standard InChI is InChI=1S/C17H15FN2O3/c18-11-1-3-12(4-2-11)19-15(22)17(9-10-17)16(23)20-13-5-7-14(21)8-6-13/h1-8,21H,9-10H2,(H,19,22)(H,20,23). The van der Waals surface area contributed by atoms with Crippen LogP contribution in [-0.4, -0.2) is 16.9 Å². The van der Waals surface area contributed by atoms with Crippen molar-refractivity contribution in [2.45, 2.75) is 12.8 Å². The zero-order valence-corrected chi connectivity index (χ0v) is 12.2. The first kappa shape index (κ1) is 15.0. The van der Waals surface area contributed by atoms with Crippen LogP contribution in [-0.2, 0) is 9.59 Å². The van der Waals surface area contributed by atoms with Gasteiger partial charge >= 0.3 is 0 Å². The van der Waals surface area contributed by atoms with E-state index in [1.807, 2.05) is 0 Å². The van der Waals surface area contributed by atoms with E-state index in [4.69, 9.17) is 0 Å². The number of nitrogens with one attached hydrogen (secondary N) is 2. The zero-order chi connectivity index (χ0) is 16.4. The van der Waals surface area contributed by atoms with Crippen LogP contribution in [0.15, 0.2) is 48.5 Å². The number of hydrogen-bond donors (Lipinski definition) is 3. The lowest BCUT2D eigenvalue weighted by Gasteiger charge is -2.15. The van der Waals surface area contributed by atoms with Crippen LogP contribution in [0.2, 0.25) is 0 Å². The van der Waals surface area contributed by atoms with Gasteiger partial charge in [0.05, 0.1) is 0 Å². The number of benzene rings is 2. The summed E-state index contributed by atoms with van der Waals surface area (Å²) in [6.07, 6.45) is 0.924. The minimum atomic E-state index is -1.09. The number of anilines is 2. The predicted octanol–water partition coefficient (Wildman–Crippen LogP) is 2.89. The maximum absolute atomic E-state index is 12.9. The number of hydrogen-bond acceptors (Lipinski definition) is 3. The molecule has 0 unspecified atom stereocenters. The predicted molar refractivity (Wildman–Crippen MR) is 83.4 cm³/mol. The zero-order valence-electron chi connectivity index (χ0n) is 12.2. The first-order valence-corrected chi connectivity index (χ1v) is 7.17. The van der Waals surface area contributed by atoms with E-state index >= 15 is 0 Å². The first-order chi connectivity index (χ1) is 11.0. The van der Waals surface area contributed by atoms with E-state index in [1.165, 1.54) is 36.4 Å². The van der Waals surface area contributed by atoms with Crippen molar-refractivity contribution in [2.24, 2.45) is 5.41 Å². The van der Waals surface area contributed by atoms with E-state index in [1.54, 1.807) is 12.1 Å². The van der Waals surface area contributed by atoms with Crippen molar-refractivity contribution in [3.05, 3.63) is 54.3 Å². The summed E-state index contributed by atoms with van der Waals surface area (Å²) in [7, 11) is 0. The fourth-order valence-corrected chi connectivity index (χ4v) is 2.26. The molecule has 118 valence electrons. The molecule has 0 heterocycles. The summed E-state index contributed by atoms with van der Waals surface area (Å²) in [6, 6.07) is 11.4. The molecule has 0 spiro atoms. The normalized spacial score (nSPS) is 14.8. The third kappa shape index (κ3) is 3.15. The molecule has 6 heteroatoms. The molecule has 3 rings (SSSR count). The van der Waals surface area contributed by atoms with Crippen molar-refractivity contribution in [3.63, 3.8) is 0 Å². The largest absolute Gasteiger partial charge is 0.508 e. The Morgan fingerprint density at radius 2 is 1.30 bits per heavy atom. The van der Waals surface area contributed by atoms with Crippen molar-refractivity contribution >= 4 is 23.2 Å². The van der Waals surface area contributed by atoms with Gasteiger partial charge in [0.15, 0.2) is 0 Å². The molecule has 0 aliphatic heterocycles. The molecular weight excluding hydrogens is 299 g/mol. The lowest BCUT2D eigenvalue weighted by atomic mass is 10.0. The summed E-state index contributed by atoms with van der Waals surface area (Å²) >= 11 is 0. The molecule has 23 heavy (non-hydrogen) atoms. The molecule has 2 aromatic carbocycles. The average Bonchev–Trinajstić information content (AvgIpc) is 3.34. The average molecular weight is 314 g/mol. The number of halogens is 1. The van der Waals surface area contributed by atoms with Gasteiger partial charge in [-0.05, 0) is 61.4 Å². The summed E-state index contributed by atoms with van der Waals surface area (Å²) in [5, 5.41) is 14.5. The minimum Gasteiger partial charge on any atom is -0.508 e. The summed E-state index contributed by atoms with van der Waals surface area (Å²) in [5.74, 6) is -1.09. The van der Waals surface area contributed by atoms with Crippen LogP contribution >= 0.6 is 0 Å². The molecule has 0 radical (unpaired) electrons. The Hall–Kier alpha value is -2.89. The number of phenols is 1. The summed E-state index contributed by atoms with van der Waals surface area (Å²) in [5.41, 5.74) is -0.138. The summed E-state index contributed by atoms with van der Waals surface area (Å²) in [4.78, 5) is 24.7. The second kappa shape index (κ2) is 5.72. The number of phenolic OH excluding ortho intramolecular Hbond substituents is 1. The van der Waals surface area contributed by atoms with Gasteiger partial charge in [-0.2, -0.15) is 0 Å². The van der Waals surface area contributed by atoms with Crippen LogP contribution in [0.4, 0.5) is 15.8 Å². The van der Waals surface area contributed by atoms with Gasteiger partial charge in [-0.3, -0.25) is 9.59 Å². The highest BCUT2D eigenvalue weighted by atomic mass is 19.1. The molecule has 0 bridgehead atoms. The monoisotopic (exact) mass is 314 g/mol. The Morgan fingerprint density at radius 3 is 1.74 bits per heavy atom. The van der Waals surface area contributed by atoms with Crippen LogP contribution < -0.4 is 10.6 Å². The van der Waals surface area contributed by atoms with Gasteiger partial charge in [0.1, 0.15) is 17.0 Å². The topological polar surface area (TPSA) is 78.4 Å². The Morgan fingerprint density at radius 1 is 0.870 bits per heavy atom. The summed E-state index contributed by atoms with van der Waals surface area (Å²) < 4.78 is 12.9. The third-order valence-corrected chi connectivity index (χ3v) is 3.85. The molecule has 0 saturated heterocycles. The molecule has 0 aromatic heterocycles. The molecule has 2 aromatic rings. The molecular formula is C17H15FN2O3. The van der Waals surface area contributed by atoms with Crippen LogP contribution in [0.1, 0.15) is 12.8 Å². The molecule has 1 saturated carbocycles. The van der Waals surface area contributed by atoms with Gasteiger partial charge in [0.25, 0.3) is 0 Å². The van der Waals surface area contributed by atoms with Gasteiger partial charge in [-0.15, -0.1) is 0 Å². The summed E-state index contributed by atoms with van der Waals surface area (Å²) in [6.45, 7) is 0. The number of amides is 2. The Labute approximate surface area is 132 Å². The van der Waals surface area contributed by atoms with E-state index in [9.17, 15) is 19.1 Å². The molecule has 1 aliphatic carbocycles. The van der Waals surface area contributed by atoms with E-state index < -0.39 is 17.1 Å². The highest BCUT2D eigenvalue weighted by Crippen LogP contribution is 2.47. The van der Waals surface area contributed by atoms with Crippen molar-refractivity contribution in [2.75, 3.05) is 10.6 Å². The fraction of sp³-hybridized carbons (Fsp3) is 0.176. The van der Waals surface area contributed by atoms with Crippen molar-refractivity contribution in [1.82, 2.24) is 0 Å². The molecule has 5 nitrogen and oxygen atoms in total. The van der Waals surface area contributed by atoms with Gasteiger partial charge in [0.2, 0.25) is 11.8 Å². The van der Waals surface area contributed by atoms with E-state index in [-0.39, 0.29) is 11.7 Å². The maximum Gasteiger partial charge on any atom is 0.240 e. The third-order valence-electron chi connectivity index (χ3n) is 3.85. The number of rotatable bonds is 4. The second-order valence-corrected chi connectivity index (χ2v) is 5.54. The fourth-order valence-electron chi connectivity index (χ4n) is 2.26. The number of aromatic hydroxyl groups is 1. The van der Waals surface area contributed by atoms with Gasteiger partial charge in [-0.1, -0.05) is 0 Å². The number of carbonyl (C=O) groups is 2. The first-order valence-electron chi connectivity index (χ1n) is 7.17. The van der Waals surface area contributed by atoms with Crippen LogP contribution in [0.5, 0.6) is 5.75 Å². The van der Waals surface area contributed by atoms with Gasteiger partial charge in [-0.25, -0.2) is 4.39 Å². The quantitative estimate of drug-likeness (QED) is 0.600. The molecule has 3 N–H and O–H groups in total. The van der Waals surface area contributed by atoms with Crippen LogP contribution in [0, 0.1) is 11.2 Å². The number of carbonyl (C=O) groups excluding carboxylic acids is 2. The second-order valence-electron chi connectivity index (χ2n) is 5.54. The van der Waals surface area contributed by atoms with Crippen LogP contribution in [0.25, 0.3) is 0 Å². The smallest absolute Gasteiger partial charge is 0.240 e. The van der Waals surface area contributed by atoms with Crippen LogP contribution in [0.3, 0.4) is 0 Å². The Kier molecular flexibility index (Phi) is 3.73. The SMILES string of the molecule is O=C(Nc1ccc(O)cc1)C1(C(=O)Nc2ccc(F)cc2)CC1. The lowest BCUT2D eigenvalue weighted by molar-refractivity contribution is -0.131. The minimum absolute atomic E-state index is 0.0955. The molecule has 1 aliphatic rings. The highest BCUT2D eigenvalue weighted by molar-refractivity contribution is 6.16. The lowest BCUT2D eigenvalue weighted by Crippen LogP contribution is -2.35. The maximum atomic E-state index is 12.9. The van der Waals surface area contributed by atoms with E-state index in [2.05, 4.69) is 10.6 Å². The molecule has 2 amide bonds. The Balaban J connectivity index is 1.68. The molecule has 0 atom stereocenters. The van der Waals surface area contributed by atoms with Gasteiger partial charge < -0.3 is 15.7 Å². The van der Waals surface area contributed by atoms with Crippen molar-refractivity contribution in [3.8, 4) is 5.75 Å². The van der Waals surface area contributed by atoms with E-state index in [0.29, 0.717) is 24.2 Å². The Bertz CT molecular complexity index is 676. The highest BCUT2D eigenvalue weighted by Gasteiger charge is 2.56.